The second-order valence-corrected chi connectivity index (χ2v) is 9.16. The number of phenols is 1. The Morgan fingerprint density at radius 1 is 1.06 bits per heavy atom. The van der Waals surface area contributed by atoms with Gasteiger partial charge in [-0.15, -0.1) is 0 Å². The lowest BCUT2D eigenvalue weighted by molar-refractivity contribution is -0.117. The molecule has 1 aromatic heterocycles. The first-order chi connectivity index (χ1) is 16.6. The summed E-state index contributed by atoms with van der Waals surface area (Å²) >= 11 is 0. The van der Waals surface area contributed by atoms with Gasteiger partial charge in [0, 0.05) is 58.2 Å². The number of phenolic OH excluding ortho intramolecular Hbond substituents is 1. The molecule has 2 unspecified atom stereocenters. The number of amides is 1. The monoisotopic (exact) mass is 454 g/mol. The topological polar surface area (TPSA) is 83.6 Å². The molecule has 6 rings (SSSR count). The molecule has 0 saturated heterocycles. The lowest BCUT2D eigenvalue weighted by atomic mass is 9.75. The highest BCUT2D eigenvalue weighted by atomic mass is 16.5. The van der Waals surface area contributed by atoms with Crippen molar-refractivity contribution in [1.82, 2.24) is 4.98 Å². The van der Waals surface area contributed by atoms with Crippen molar-refractivity contribution in [1.29, 1.82) is 0 Å². The van der Waals surface area contributed by atoms with E-state index in [2.05, 4.69) is 34.7 Å². The average Bonchev–Trinajstić information content (AvgIpc) is 3.63. The first kappa shape index (κ1) is 20.7. The van der Waals surface area contributed by atoms with Crippen molar-refractivity contribution >= 4 is 22.5 Å². The summed E-state index contributed by atoms with van der Waals surface area (Å²) in [6, 6.07) is 19.5. The van der Waals surface area contributed by atoms with Crippen LogP contribution in [0.25, 0.3) is 10.9 Å². The number of hydrogen-bond donors (Lipinski definition) is 3. The minimum absolute atomic E-state index is 0.0265. The molecule has 34 heavy (non-hydrogen) atoms. The van der Waals surface area contributed by atoms with Crippen LogP contribution in [0.5, 0.6) is 17.2 Å². The summed E-state index contributed by atoms with van der Waals surface area (Å²) < 4.78 is 11.5. The number of aromatic hydroxyl groups is 1. The highest BCUT2D eigenvalue weighted by Crippen LogP contribution is 2.48. The van der Waals surface area contributed by atoms with E-state index in [1.807, 2.05) is 30.3 Å². The van der Waals surface area contributed by atoms with Gasteiger partial charge in [-0.3, -0.25) is 4.79 Å². The number of carbonyl (C=O) groups excluding carboxylic acids is 1. The molecule has 1 aliphatic carbocycles. The number of hydrogen-bond acceptors (Lipinski definition) is 4. The van der Waals surface area contributed by atoms with Crippen LogP contribution in [0.1, 0.15) is 41.4 Å². The molecule has 4 aromatic rings. The number of aromatic amines is 1. The third kappa shape index (κ3) is 3.65. The van der Waals surface area contributed by atoms with Crippen LogP contribution in [-0.4, -0.2) is 29.7 Å². The van der Waals surface area contributed by atoms with Gasteiger partial charge in [-0.2, -0.15) is 0 Å². The van der Waals surface area contributed by atoms with Gasteiger partial charge in [-0.05, 0) is 54.3 Å². The summed E-state index contributed by atoms with van der Waals surface area (Å²) in [5.74, 6) is 2.06. The maximum absolute atomic E-state index is 12.2. The largest absolute Gasteiger partial charge is 0.508 e. The Morgan fingerprint density at radius 3 is 2.65 bits per heavy atom. The van der Waals surface area contributed by atoms with E-state index in [1.54, 1.807) is 19.2 Å². The van der Waals surface area contributed by atoms with Crippen molar-refractivity contribution in [2.75, 3.05) is 19.0 Å². The first-order valence-electron chi connectivity index (χ1n) is 11.6. The number of fused-ring (bicyclic) bond motifs is 2. The molecule has 6 nitrogen and oxygen atoms in total. The van der Waals surface area contributed by atoms with Gasteiger partial charge in [0.05, 0.1) is 13.7 Å². The second-order valence-electron chi connectivity index (χ2n) is 9.16. The van der Waals surface area contributed by atoms with Gasteiger partial charge in [0.1, 0.15) is 17.2 Å². The molecule has 0 bridgehead atoms. The third-order valence-corrected chi connectivity index (χ3v) is 6.96. The summed E-state index contributed by atoms with van der Waals surface area (Å²) in [4.78, 5) is 15.6. The van der Waals surface area contributed by atoms with Gasteiger partial charge in [0.2, 0.25) is 5.91 Å². The second kappa shape index (κ2) is 8.13. The van der Waals surface area contributed by atoms with Gasteiger partial charge >= 0.3 is 0 Å². The fourth-order valence-corrected chi connectivity index (χ4v) is 5.00. The molecule has 0 spiro atoms. The molecule has 2 heterocycles. The molecule has 0 radical (unpaired) electrons. The summed E-state index contributed by atoms with van der Waals surface area (Å²) in [6.45, 7) is 0.486. The zero-order valence-electron chi connectivity index (χ0n) is 18.9. The number of carbonyl (C=O) groups is 1. The van der Waals surface area contributed by atoms with Crippen molar-refractivity contribution in [3.8, 4) is 17.2 Å². The highest BCUT2D eigenvalue weighted by Gasteiger charge is 2.35. The zero-order chi connectivity index (χ0) is 23.2. The number of anilines is 1. The Bertz CT molecular complexity index is 1370. The van der Waals surface area contributed by atoms with Crippen molar-refractivity contribution < 1.29 is 19.4 Å². The van der Waals surface area contributed by atoms with E-state index in [4.69, 9.17) is 9.47 Å². The van der Waals surface area contributed by atoms with Gasteiger partial charge in [0.15, 0.2) is 0 Å². The summed E-state index contributed by atoms with van der Waals surface area (Å²) in [5, 5.41) is 14.2. The number of ether oxygens (including phenoxy) is 2. The molecule has 1 aliphatic heterocycles. The van der Waals surface area contributed by atoms with E-state index in [0.717, 1.165) is 46.3 Å². The molecule has 1 amide bonds. The molecular formula is C28H26N2O4. The quantitative estimate of drug-likeness (QED) is 0.370. The Kier molecular flexibility index (Phi) is 4.94. The van der Waals surface area contributed by atoms with Crippen LogP contribution < -0.4 is 14.8 Å². The third-order valence-electron chi connectivity index (χ3n) is 6.96. The first-order valence-corrected chi connectivity index (χ1v) is 11.6. The van der Waals surface area contributed by atoms with Crippen LogP contribution >= 0.6 is 0 Å². The SMILES string of the molecule is COc1ccc2c(C3COc4cc(O)ccc4C3c3ccc(NC(=O)C4CC4)cc3)c[nH]c2c1. The number of aromatic nitrogens is 1. The van der Waals surface area contributed by atoms with E-state index >= 15 is 0 Å². The summed E-state index contributed by atoms with van der Waals surface area (Å²) in [5.41, 5.74) is 5.17. The number of rotatable bonds is 5. The predicted octanol–water partition coefficient (Wildman–Crippen LogP) is 5.54. The van der Waals surface area contributed by atoms with Crippen LogP contribution in [0.4, 0.5) is 5.69 Å². The predicted molar refractivity (Wildman–Crippen MR) is 131 cm³/mol. The number of H-pyrrole nitrogens is 1. The number of benzene rings is 3. The van der Waals surface area contributed by atoms with Crippen LogP contribution in [0.2, 0.25) is 0 Å². The minimum atomic E-state index is 0.0265. The number of nitrogens with one attached hydrogen (secondary N) is 2. The zero-order valence-corrected chi connectivity index (χ0v) is 18.9. The molecule has 3 aromatic carbocycles. The fraction of sp³-hybridized carbons (Fsp3) is 0.250. The lowest BCUT2D eigenvalue weighted by Gasteiger charge is -2.34. The smallest absolute Gasteiger partial charge is 0.227 e. The summed E-state index contributed by atoms with van der Waals surface area (Å²) in [6.07, 6.45) is 4.02. The molecule has 1 fully saturated rings. The maximum atomic E-state index is 12.2. The maximum Gasteiger partial charge on any atom is 0.227 e. The van der Waals surface area contributed by atoms with Crippen LogP contribution in [0, 0.1) is 5.92 Å². The molecule has 172 valence electrons. The van der Waals surface area contributed by atoms with Gasteiger partial charge < -0.3 is 24.9 Å². The Balaban J connectivity index is 1.40. The molecule has 3 N–H and O–H groups in total. The van der Waals surface area contributed by atoms with E-state index in [0.29, 0.717) is 12.4 Å². The van der Waals surface area contributed by atoms with Crippen LogP contribution in [0.15, 0.2) is 66.9 Å². The standard InChI is InChI=1S/C28H26N2O4/c1-33-20-9-11-21-23(14-29-25(21)13-20)24-15-34-26-12-19(31)8-10-22(26)27(24)16-4-6-18(7-5-16)30-28(32)17-2-3-17/h4-14,17,24,27,29,31H,2-3,15H2,1H3,(H,30,32). The number of methoxy groups -OCH3 is 1. The molecule has 2 aliphatic rings. The van der Waals surface area contributed by atoms with Crippen LogP contribution in [0.3, 0.4) is 0 Å². The van der Waals surface area contributed by atoms with Crippen molar-refractivity contribution in [2.45, 2.75) is 24.7 Å². The van der Waals surface area contributed by atoms with Crippen molar-refractivity contribution in [3.05, 3.63) is 83.6 Å². The Hall–Kier alpha value is -3.93. The van der Waals surface area contributed by atoms with E-state index in [-0.39, 0.29) is 29.4 Å². The van der Waals surface area contributed by atoms with Crippen LogP contribution in [-0.2, 0) is 4.79 Å². The van der Waals surface area contributed by atoms with Gasteiger partial charge in [-0.1, -0.05) is 18.2 Å². The van der Waals surface area contributed by atoms with Gasteiger partial charge in [-0.25, -0.2) is 0 Å². The van der Waals surface area contributed by atoms with Crippen molar-refractivity contribution in [3.63, 3.8) is 0 Å². The Morgan fingerprint density at radius 2 is 1.88 bits per heavy atom. The molecule has 1 saturated carbocycles. The molecular weight excluding hydrogens is 428 g/mol. The Labute approximate surface area is 197 Å². The average molecular weight is 455 g/mol. The lowest BCUT2D eigenvalue weighted by Crippen LogP contribution is -2.25. The van der Waals surface area contributed by atoms with Gasteiger partial charge in [0.25, 0.3) is 0 Å². The fourth-order valence-electron chi connectivity index (χ4n) is 5.00. The summed E-state index contributed by atoms with van der Waals surface area (Å²) in [7, 11) is 1.67. The van der Waals surface area contributed by atoms with E-state index < -0.39 is 0 Å². The van der Waals surface area contributed by atoms with Crippen molar-refractivity contribution in [2.24, 2.45) is 5.92 Å². The molecule has 2 atom stereocenters. The highest BCUT2D eigenvalue weighted by molar-refractivity contribution is 5.94. The normalized spacial score (nSPS) is 19.3. The van der Waals surface area contributed by atoms with E-state index in [1.165, 1.54) is 5.56 Å². The van der Waals surface area contributed by atoms with E-state index in [9.17, 15) is 9.90 Å². The molecule has 6 heteroatoms. The minimum Gasteiger partial charge on any atom is -0.508 e.